The third-order valence-electron chi connectivity index (χ3n) is 8.73. The first-order chi connectivity index (χ1) is 16.3. The zero-order valence-corrected chi connectivity index (χ0v) is 20.3. The molecule has 0 spiro atoms. The van der Waals surface area contributed by atoms with Gasteiger partial charge in [0.2, 0.25) is 15.9 Å². The van der Waals surface area contributed by atoms with Crippen LogP contribution in [0.4, 0.5) is 0 Å². The largest absolute Gasteiger partial charge is 0.419 e. The van der Waals surface area contributed by atoms with Crippen LogP contribution in [0.15, 0.2) is 32.3 Å². The molecule has 0 radical (unpaired) electrons. The Morgan fingerprint density at radius 3 is 2.35 bits per heavy atom. The lowest BCUT2D eigenvalue weighted by molar-refractivity contribution is -0.123. The summed E-state index contributed by atoms with van der Waals surface area (Å²) in [4.78, 5) is 25.3. The molecule has 1 saturated heterocycles. The van der Waals surface area contributed by atoms with Gasteiger partial charge in [-0.05, 0) is 86.7 Å². The van der Waals surface area contributed by atoms with Crippen molar-refractivity contribution >= 4 is 27.0 Å². The van der Waals surface area contributed by atoms with E-state index in [2.05, 4.69) is 5.32 Å². The number of hydrogen-bond donors (Lipinski definition) is 1. The molecule has 2 aromatic rings. The lowest BCUT2D eigenvalue weighted by Gasteiger charge is -2.56. The minimum Gasteiger partial charge on any atom is -0.408 e. The Hall–Kier alpha value is -2.13. The first-order valence-corrected chi connectivity index (χ1v) is 14.2. The number of rotatable bonds is 7. The molecule has 1 aromatic carbocycles. The van der Waals surface area contributed by atoms with Gasteiger partial charge in [0.05, 0.1) is 10.4 Å². The van der Waals surface area contributed by atoms with E-state index >= 15 is 0 Å². The fourth-order valence-electron chi connectivity index (χ4n) is 7.59. The molecule has 8 nitrogen and oxygen atoms in total. The molecule has 0 unspecified atom stereocenters. The highest BCUT2D eigenvalue weighted by Gasteiger charge is 2.50. The van der Waals surface area contributed by atoms with Gasteiger partial charge in [-0.3, -0.25) is 9.36 Å². The molecule has 5 aliphatic rings. The zero-order chi connectivity index (χ0) is 23.5. The Balaban J connectivity index is 1.11. The molecule has 1 aromatic heterocycles. The van der Waals surface area contributed by atoms with Gasteiger partial charge < -0.3 is 9.73 Å². The number of aromatic nitrogens is 1. The number of amides is 1. The summed E-state index contributed by atoms with van der Waals surface area (Å²) in [6.07, 6.45) is 9.78. The second kappa shape index (κ2) is 8.22. The fourth-order valence-corrected chi connectivity index (χ4v) is 9.12. The van der Waals surface area contributed by atoms with E-state index in [1.165, 1.54) is 59.5 Å². The number of nitrogens with one attached hydrogen (secondary N) is 1. The smallest absolute Gasteiger partial charge is 0.408 e. The van der Waals surface area contributed by atoms with Crippen LogP contribution < -0.4 is 11.1 Å². The molecule has 9 heteroatoms. The predicted octanol–water partition coefficient (Wildman–Crippen LogP) is 3.10. The number of nitrogens with zero attached hydrogens (tertiary/aromatic N) is 2. The predicted molar refractivity (Wildman–Crippen MR) is 127 cm³/mol. The van der Waals surface area contributed by atoms with Crippen molar-refractivity contribution in [3.05, 3.63) is 28.7 Å². The van der Waals surface area contributed by atoms with Crippen molar-refractivity contribution < 1.29 is 17.6 Å². The van der Waals surface area contributed by atoms with E-state index in [0.29, 0.717) is 18.6 Å². The molecule has 34 heavy (non-hydrogen) atoms. The highest BCUT2D eigenvalue weighted by atomic mass is 32.2. The average molecular weight is 488 g/mol. The van der Waals surface area contributed by atoms with Gasteiger partial charge in [-0.1, -0.05) is 0 Å². The van der Waals surface area contributed by atoms with Crippen LogP contribution >= 0.6 is 0 Å². The maximum atomic E-state index is 12.8. The second-order valence-corrected chi connectivity index (χ2v) is 13.1. The number of oxazole rings is 1. The van der Waals surface area contributed by atoms with Crippen LogP contribution in [0.1, 0.15) is 57.8 Å². The van der Waals surface area contributed by atoms with Crippen molar-refractivity contribution in [3.63, 3.8) is 0 Å². The third kappa shape index (κ3) is 3.90. The molecule has 1 amide bonds. The summed E-state index contributed by atoms with van der Waals surface area (Å²) >= 11 is 0. The molecule has 5 fully saturated rings. The summed E-state index contributed by atoms with van der Waals surface area (Å²) in [6, 6.07) is 4.55. The van der Waals surface area contributed by atoms with Crippen molar-refractivity contribution in [3.8, 4) is 0 Å². The molecular weight excluding hydrogens is 454 g/mol. The number of carbonyl (C=O) groups is 1. The number of carbonyl (C=O) groups excluding carboxylic acids is 1. The molecule has 4 saturated carbocycles. The Kier molecular flexibility index (Phi) is 5.40. The SMILES string of the molecule is O=C(CCn1c(=O)oc2cc(S(=O)(=O)N3CCCC3)ccc21)NCC12CC3CC(CC(C3)C1)C2. The highest BCUT2D eigenvalue weighted by Crippen LogP contribution is 2.59. The first kappa shape index (κ1) is 22.3. The van der Waals surface area contributed by atoms with Gasteiger partial charge in [0.15, 0.2) is 5.58 Å². The fraction of sp³-hybridized carbons (Fsp3) is 0.680. The number of sulfonamides is 1. The summed E-state index contributed by atoms with van der Waals surface area (Å²) in [6.45, 7) is 1.98. The van der Waals surface area contributed by atoms with E-state index in [1.54, 1.807) is 6.07 Å². The minimum atomic E-state index is -3.59. The van der Waals surface area contributed by atoms with Gasteiger partial charge in [-0.15, -0.1) is 0 Å². The number of hydrogen-bond acceptors (Lipinski definition) is 5. The molecule has 1 N–H and O–H groups in total. The van der Waals surface area contributed by atoms with Gasteiger partial charge in [0.25, 0.3) is 0 Å². The lowest BCUT2D eigenvalue weighted by Crippen LogP contribution is -2.51. The van der Waals surface area contributed by atoms with Crippen molar-refractivity contribution in [1.82, 2.24) is 14.2 Å². The van der Waals surface area contributed by atoms with E-state index in [-0.39, 0.29) is 34.8 Å². The van der Waals surface area contributed by atoms with Crippen LogP contribution in [0.2, 0.25) is 0 Å². The average Bonchev–Trinajstić information content (AvgIpc) is 3.43. The van der Waals surface area contributed by atoms with Gasteiger partial charge in [0, 0.05) is 38.7 Å². The van der Waals surface area contributed by atoms with Crippen molar-refractivity contribution in [1.29, 1.82) is 0 Å². The topological polar surface area (TPSA) is 102 Å². The Bertz CT molecular complexity index is 1240. The van der Waals surface area contributed by atoms with Crippen LogP contribution in [-0.4, -0.2) is 42.8 Å². The number of fused-ring (bicyclic) bond motifs is 1. The first-order valence-electron chi connectivity index (χ1n) is 12.7. The van der Waals surface area contributed by atoms with Crippen LogP contribution in [0.5, 0.6) is 0 Å². The Morgan fingerprint density at radius 2 is 1.71 bits per heavy atom. The lowest BCUT2D eigenvalue weighted by atomic mass is 9.49. The summed E-state index contributed by atoms with van der Waals surface area (Å²) < 4.78 is 33.9. The molecule has 0 atom stereocenters. The zero-order valence-electron chi connectivity index (χ0n) is 19.5. The summed E-state index contributed by atoms with van der Waals surface area (Å²) in [5.74, 6) is 1.92. The molecule has 1 aliphatic heterocycles. The highest BCUT2D eigenvalue weighted by molar-refractivity contribution is 7.89. The molecule has 2 heterocycles. The van der Waals surface area contributed by atoms with Crippen LogP contribution in [0.3, 0.4) is 0 Å². The quantitative estimate of drug-likeness (QED) is 0.647. The van der Waals surface area contributed by atoms with Gasteiger partial charge in [-0.25, -0.2) is 13.2 Å². The Labute approximate surface area is 199 Å². The molecule has 184 valence electrons. The van der Waals surface area contributed by atoms with Crippen LogP contribution in [0, 0.1) is 23.2 Å². The molecule has 4 bridgehead atoms. The van der Waals surface area contributed by atoms with Gasteiger partial charge in [-0.2, -0.15) is 4.31 Å². The summed E-state index contributed by atoms with van der Waals surface area (Å²) in [5, 5.41) is 3.16. The standard InChI is InChI=1S/C25H33N3O5S/c29-23(26-16-25-13-17-9-18(14-25)11-19(10-17)15-25)5-8-28-21-4-3-20(12-22(21)33-24(28)30)34(31,32)27-6-1-2-7-27/h3-4,12,17-19H,1-2,5-11,13-16H2,(H,26,29). The second-order valence-electron chi connectivity index (χ2n) is 11.2. The normalized spacial score (nSPS) is 30.9. The Morgan fingerprint density at radius 1 is 1.06 bits per heavy atom. The minimum absolute atomic E-state index is 0.0507. The number of benzene rings is 1. The van der Waals surface area contributed by atoms with Gasteiger partial charge >= 0.3 is 5.76 Å². The maximum absolute atomic E-state index is 12.8. The van der Waals surface area contributed by atoms with Crippen molar-refractivity contribution in [2.75, 3.05) is 19.6 Å². The monoisotopic (exact) mass is 487 g/mol. The molecule has 7 rings (SSSR count). The van der Waals surface area contributed by atoms with E-state index in [0.717, 1.165) is 37.1 Å². The van der Waals surface area contributed by atoms with Crippen LogP contribution in [0.25, 0.3) is 11.1 Å². The van der Waals surface area contributed by atoms with E-state index in [9.17, 15) is 18.0 Å². The third-order valence-corrected chi connectivity index (χ3v) is 10.6. The van der Waals surface area contributed by atoms with E-state index in [1.807, 2.05) is 0 Å². The van der Waals surface area contributed by atoms with E-state index < -0.39 is 15.8 Å². The van der Waals surface area contributed by atoms with Crippen molar-refractivity contribution in [2.45, 2.75) is 69.2 Å². The van der Waals surface area contributed by atoms with Gasteiger partial charge in [0.1, 0.15) is 0 Å². The maximum Gasteiger partial charge on any atom is 0.419 e. The van der Waals surface area contributed by atoms with E-state index in [4.69, 9.17) is 4.42 Å². The molecular formula is C25H33N3O5S. The molecule has 4 aliphatic carbocycles. The van der Waals surface area contributed by atoms with Crippen LogP contribution in [-0.2, 0) is 21.4 Å². The number of aryl methyl sites for hydroxylation is 1. The van der Waals surface area contributed by atoms with Crippen molar-refractivity contribution in [2.24, 2.45) is 23.2 Å². The summed E-state index contributed by atoms with van der Waals surface area (Å²) in [7, 11) is -3.59. The summed E-state index contributed by atoms with van der Waals surface area (Å²) in [5.41, 5.74) is 1.03.